The van der Waals surface area contributed by atoms with Crippen molar-refractivity contribution < 1.29 is 4.74 Å². The predicted molar refractivity (Wildman–Crippen MR) is 42.5 cm³/mol. The quantitative estimate of drug-likeness (QED) is 0.442. The van der Waals surface area contributed by atoms with Crippen molar-refractivity contribution in [2.75, 3.05) is 7.11 Å². The van der Waals surface area contributed by atoms with Crippen LogP contribution in [-0.2, 0) is 4.74 Å². The first-order valence-corrected chi connectivity index (χ1v) is 3.73. The average Bonchev–Trinajstić information content (AvgIpc) is 1.99. The van der Waals surface area contributed by atoms with Gasteiger partial charge >= 0.3 is 0 Å². The minimum absolute atomic E-state index is 0.293. The van der Waals surface area contributed by atoms with Crippen LogP contribution in [0.1, 0.15) is 26.7 Å². The van der Waals surface area contributed by atoms with E-state index in [4.69, 9.17) is 10.6 Å². The third kappa shape index (κ3) is 3.82. The first-order valence-electron chi connectivity index (χ1n) is 3.73. The second-order valence-corrected chi connectivity index (χ2v) is 2.55. The molecule has 0 aromatic heterocycles. The summed E-state index contributed by atoms with van der Waals surface area (Å²) in [5.74, 6) is 5.28. The molecule has 0 radical (unpaired) electrons. The fraction of sp³-hybridized carbons (Fsp3) is 1.00. The number of rotatable bonds is 5. The van der Waals surface area contributed by atoms with Crippen molar-refractivity contribution in [2.24, 2.45) is 5.84 Å². The van der Waals surface area contributed by atoms with Gasteiger partial charge in [0.05, 0.1) is 6.10 Å². The molecule has 0 aliphatic rings. The maximum absolute atomic E-state index is 5.28. The summed E-state index contributed by atoms with van der Waals surface area (Å²) in [7, 11) is 1.72. The Balaban J connectivity index is 3.41. The lowest BCUT2D eigenvalue weighted by Crippen LogP contribution is -2.36. The van der Waals surface area contributed by atoms with Gasteiger partial charge in [0, 0.05) is 13.2 Å². The van der Waals surface area contributed by atoms with Gasteiger partial charge in [-0.2, -0.15) is 0 Å². The molecule has 3 heteroatoms. The van der Waals surface area contributed by atoms with E-state index in [1.165, 1.54) is 0 Å². The molecule has 0 spiro atoms. The number of nitrogens with two attached hydrogens (primary N) is 1. The SMILES string of the molecule is CCC(CC(C)OC)NN. The fourth-order valence-corrected chi connectivity index (χ4v) is 0.849. The van der Waals surface area contributed by atoms with Crippen LogP contribution in [0.2, 0.25) is 0 Å². The van der Waals surface area contributed by atoms with Gasteiger partial charge in [0.15, 0.2) is 0 Å². The van der Waals surface area contributed by atoms with E-state index in [2.05, 4.69) is 12.3 Å². The Labute approximate surface area is 62.9 Å². The molecule has 10 heavy (non-hydrogen) atoms. The Morgan fingerprint density at radius 1 is 1.60 bits per heavy atom. The predicted octanol–water partition coefficient (Wildman–Crippen LogP) is 0.653. The summed E-state index contributed by atoms with van der Waals surface area (Å²) in [5.41, 5.74) is 2.74. The van der Waals surface area contributed by atoms with Crippen molar-refractivity contribution in [2.45, 2.75) is 38.8 Å². The number of nitrogens with one attached hydrogen (secondary N) is 1. The van der Waals surface area contributed by atoms with E-state index in [-0.39, 0.29) is 0 Å². The lowest BCUT2D eigenvalue weighted by molar-refractivity contribution is 0.0999. The van der Waals surface area contributed by atoms with Crippen molar-refractivity contribution in [3.8, 4) is 0 Å². The first-order chi connectivity index (χ1) is 4.74. The highest BCUT2D eigenvalue weighted by molar-refractivity contribution is 4.64. The highest BCUT2D eigenvalue weighted by atomic mass is 16.5. The minimum Gasteiger partial charge on any atom is -0.382 e. The van der Waals surface area contributed by atoms with Gasteiger partial charge in [-0.3, -0.25) is 11.3 Å². The molecule has 3 nitrogen and oxygen atoms in total. The zero-order valence-corrected chi connectivity index (χ0v) is 7.05. The van der Waals surface area contributed by atoms with Crippen LogP contribution >= 0.6 is 0 Å². The van der Waals surface area contributed by atoms with E-state index in [1.54, 1.807) is 7.11 Å². The molecule has 0 saturated carbocycles. The Bertz CT molecular complexity index is 74.0. The van der Waals surface area contributed by atoms with E-state index in [0.29, 0.717) is 12.1 Å². The minimum atomic E-state index is 0.293. The van der Waals surface area contributed by atoms with Crippen molar-refractivity contribution in [1.29, 1.82) is 0 Å². The number of methoxy groups -OCH3 is 1. The smallest absolute Gasteiger partial charge is 0.0558 e. The Hall–Kier alpha value is -0.120. The molecule has 0 aromatic rings. The number of ether oxygens (including phenoxy) is 1. The molecule has 0 heterocycles. The maximum Gasteiger partial charge on any atom is 0.0558 e. The van der Waals surface area contributed by atoms with E-state index in [1.807, 2.05) is 6.92 Å². The first kappa shape index (κ1) is 9.88. The van der Waals surface area contributed by atoms with Crippen molar-refractivity contribution in [1.82, 2.24) is 5.43 Å². The van der Waals surface area contributed by atoms with Crippen LogP contribution in [-0.4, -0.2) is 19.3 Å². The largest absolute Gasteiger partial charge is 0.382 e. The number of hydrazine groups is 1. The summed E-state index contributed by atoms with van der Waals surface area (Å²) < 4.78 is 5.09. The maximum atomic E-state index is 5.28. The van der Waals surface area contributed by atoms with E-state index in [0.717, 1.165) is 12.8 Å². The van der Waals surface area contributed by atoms with Crippen molar-refractivity contribution >= 4 is 0 Å². The molecule has 0 aliphatic heterocycles. The lowest BCUT2D eigenvalue weighted by Gasteiger charge is -2.17. The van der Waals surface area contributed by atoms with Gasteiger partial charge in [-0.15, -0.1) is 0 Å². The molecule has 0 aliphatic carbocycles. The summed E-state index contributed by atoms with van der Waals surface area (Å²) in [6.07, 6.45) is 2.31. The summed E-state index contributed by atoms with van der Waals surface area (Å²) >= 11 is 0. The van der Waals surface area contributed by atoms with Crippen LogP contribution in [0.25, 0.3) is 0 Å². The van der Waals surface area contributed by atoms with Crippen LogP contribution < -0.4 is 11.3 Å². The molecule has 3 N–H and O–H groups in total. The third-order valence-corrected chi connectivity index (χ3v) is 1.75. The number of hydrogen-bond acceptors (Lipinski definition) is 3. The summed E-state index contributed by atoms with van der Waals surface area (Å²) in [6.45, 7) is 4.15. The second-order valence-electron chi connectivity index (χ2n) is 2.55. The topological polar surface area (TPSA) is 47.3 Å². The van der Waals surface area contributed by atoms with E-state index < -0.39 is 0 Å². The molecular formula is C7H18N2O. The molecular weight excluding hydrogens is 128 g/mol. The molecule has 62 valence electrons. The van der Waals surface area contributed by atoms with Crippen LogP contribution in [0.3, 0.4) is 0 Å². The Morgan fingerprint density at radius 2 is 2.20 bits per heavy atom. The molecule has 2 atom stereocenters. The van der Waals surface area contributed by atoms with E-state index in [9.17, 15) is 0 Å². The van der Waals surface area contributed by atoms with Gasteiger partial charge < -0.3 is 4.74 Å². The standard InChI is InChI=1S/C7H18N2O/c1-4-7(9-8)5-6(2)10-3/h6-7,9H,4-5,8H2,1-3H3. The van der Waals surface area contributed by atoms with Crippen molar-refractivity contribution in [3.63, 3.8) is 0 Å². The van der Waals surface area contributed by atoms with Gasteiger partial charge in [0.25, 0.3) is 0 Å². The van der Waals surface area contributed by atoms with Crippen LogP contribution in [0.15, 0.2) is 0 Å². The second kappa shape index (κ2) is 5.65. The molecule has 0 bridgehead atoms. The van der Waals surface area contributed by atoms with Gasteiger partial charge in [0.1, 0.15) is 0 Å². The highest BCUT2D eigenvalue weighted by Crippen LogP contribution is 2.02. The van der Waals surface area contributed by atoms with E-state index >= 15 is 0 Å². The molecule has 0 fully saturated rings. The zero-order chi connectivity index (χ0) is 7.98. The van der Waals surface area contributed by atoms with Gasteiger partial charge in [-0.25, -0.2) is 0 Å². The monoisotopic (exact) mass is 146 g/mol. The van der Waals surface area contributed by atoms with Crippen LogP contribution in [0, 0.1) is 0 Å². The zero-order valence-electron chi connectivity index (χ0n) is 7.05. The summed E-state index contributed by atoms with van der Waals surface area (Å²) in [5, 5.41) is 0. The van der Waals surface area contributed by atoms with Crippen LogP contribution in [0.4, 0.5) is 0 Å². The van der Waals surface area contributed by atoms with Gasteiger partial charge in [-0.05, 0) is 19.8 Å². The van der Waals surface area contributed by atoms with Crippen molar-refractivity contribution in [3.05, 3.63) is 0 Å². The number of hydrogen-bond donors (Lipinski definition) is 2. The fourth-order valence-electron chi connectivity index (χ4n) is 0.849. The Kier molecular flexibility index (Phi) is 5.58. The average molecular weight is 146 g/mol. The lowest BCUT2D eigenvalue weighted by atomic mass is 10.1. The van der Waals surface area contributed by atoms with Gasteiger partial charge in [0.2, 0.25) is 0 Å². The molecule has 0 saturated heterocycles. The molecule has 0 aromatic carbocycles. The van der Waals surface area contributed by atoms with Gasteiger partial charge in [-0.1, -0.05) is 6.92 Å². The van der Waals surface area contributed by atoms with Crippen LogP contribution in [0.5, 0.6) is 0 Å². The molecule has 2 unspecified atom stereocenters. The summed E-state index contributed by atoms with van der Waals surface area (Å²) in [4.78, 5) is 0. The Morgan fingerprint density at radius 3 is 2.50 bits per heavy atom. The highest BCUT2D eigenvalue weighted by Gasteiger charge is 2.07. The molecule has 0 amide bonds. The normalized spacial score (nSPS) is 16.8. The third-order valence-electron chi connectivity index (χ3n) is 1.75. The molecule has 0 rings (SSSR count). The summed E-state index contributed by atoms with van der Waals surface area (Å²) in [6, 6.07) is 0.384.